The van der Waals surface area contributed by atoms with Crippen molar-refractivity contribution in [1.29, 1.82) is 0 Å². The topological polar surface area (TPSA) is 212 Å². The normalized spacial score (nSPS) is 14.0. The maximum Gasteiger partial charge on any atom is 0.325 e. The minimum Gasteiger partial charge on any atom is -0.494 e. The van der Waals surface area contributed by atoms with Crippen molar-refractivity contribution >= 4 is 56.8 Å². The summed E-state index contributed by atoms with van der Waals surface area (Å²) in [7, 11) is 6.13. The first-order valence-corrected chi connectivity index (χ1v) is 30.6. The van der Waals surface area contributed by atoms with Crippen LogP contribution in [-0.2, 0) is 61.4 Å². The number of rotatable bonds is 37. The van der Waals surface area contributed by atoms with Crippen molar-refractivity contribution in [2.24, 2.45) is 7.05 Å². The first-order chi connectivity index (χ1) is 41.9. The molecule has 3 aromatic heterocycles. The van der Waals surface area contributed by atoms with E-state index in [4.69, 9.17) is 23.7 Å². The van der Waals surface area contributed by atoms with Crippen LogP contribution in [0.2, 0.25) is 0 Å². The van der Waals surface area contributed by atoms with E-state index in [1.165, 1.54) is 11.3 Å². The third-order valence-corrected chi connectivity index (χ3v) is 15.7. The lowest BCUT2D eigenvalue weighted by molar-refractivity contribution is -0.141. The molecule has 0 bridgehead atoms. The second-order valence-corrected chi connectivity index (χ2v) is 22.4. The summed E-state index contributed by atoms with van der Waals surface area (Å²) in [6.45, 7) is 17.4. The van der Waals surface area contributed by atoms with Gasteiger partial charge in [0.25, 0.3) is 0 Å². The first-order valence-electron chi connectivity index (χ1n) is 29.7. The summed E-state index contributed by atoms with van der Waals surface area (Å²) in [5.74, 6) is 1.24. The summed E-state index contributed by atoms with van der Waals surface area (Å²) in [6.07, 6.45) is 14.4. The van der Waals surface area contributed by atoms with Gasteiger partial charge in [0.1, 0.15) is 24.1 Å². The van der Waals surface area contributed by atoms with Crippen molar-refractivity contribution < 1.29 is 42.9 Å². The lowest BCUT2D eigenvalue weighted by Crippen LogP contribution is -2.47. The fourth-order valence-corrected chi connectivity index (χ4v) is 10.6. The van der Waals surface area contributed by atoms with Gasteiger partial charge in [0, 0.05) is 99.6 Å². The van der Waals surface area contributed by atoms with Crippen molar-refractivity contribution in [3.05, 3.63) is 150 Å². The van der Waals surface area contributed by atoms with Gasteiger partial charge in [-0.15, -0.1) is 16.4 Å². The van der Waals surface area contributed by atoms with Crippen molar-refractivity contribution in [2.75, 3.05) is 123 Å². The average molecular weight is 1200 g/mol. The summed E-state index contributed by atoms with van der Waals surface area (Å²) in [5.41, 5.74) is 5.78. The summed E-state index contributed by atoms with van der Waals surface area (Å²) in [5, 5.41) is 20.3. The number of nitrogens with zero attached hydrogens (tertiary/aromatic N) is 9. The number of fused-ring (bicyclic) bond motifs is 1. The Balaban J connectivity index is 0.613. The molecule has 1 aliphatic carbocycles. The number of allylic oxidation sites excluding steroid dienone is 2. The van der Waals surface area contributed by atoms with Crippen LogP contribution in [0.25, 0.3) is 10.9 Å². The van der Waals surface area contributed by atoms with Crippen LogP contribution < -0.4 is 25.4 Å². The number of carbonyl (C=O) groups is 4. The quantitative estimate of drug-likeness (QED) is 0.0252. The Morgan fingerprint density at radius 3 is 2.28 bits per heavy atom. The lowest BCUT2D eigenvalue weighted by Gasteiger charge is -2.32. The molecule has 0 spiro atoms. The molecule has 2 fully saturated rings. The molecule has 2 aliphatic rings. The smallest absolute Gasteiger partial charge is 0.325 e. The number of ether oxygens (including phenoxy) is 5. The van der Waals surface area contributed by atoms with E-state index in [0.717, 1.165) is 90.9 Å². The number of anilines is 2. The van der Waals surface area contributed by atoms with Gasteiger partial charge in [-0.25, -0.2) is 14.5 Å². The largest absolute Gasteiger partial charge is 0.494 e. The third-order valence-electron chi connectivity index (χ3n) is 14.9. The number of aryl methyl sites for hydroxylation is 2. The van der Waals surface area contributed by atoms with Crippen LogP contribution in [0.15, 0.2) is 128 Å². The summed E-state index contributed by atoms with van der Waals surface area (Å²) in [6, 6.07) is 21.8. The number of hydrogen-bond acceptors (Lipinski definition) is 15. The highest BCUT2D eigenvalue weighted by Crippen LogP contribution is 2.38. The van der Waals surface area contributed by atoms with Gasteiger partial charge in [0.15, 0.2) is 5.13 Å². The maximum absolute atomic E-state index is 14.2. The average Bonchev–Trinajstić information content (AvgIpc) is 3.12. The number of thiazole rings is 1. The van der Waals surface area contributed by atoms with Crippen LogP contribution in [0.1, 0.15) is 60.7 Å². The number of carbonyl (C=O) groups excluding carboxylic acids is 4. The van der Waals surface area contributed by atoms with Crippen LogP contribution in [0.4, 0.5) is 15.6 Å². The van der Waals surface area contributed by atoms with E-state index in [1.54, 1.807) is 46.5 Å². The van der Waals surface area contributed by atoms with Crippen LogP contribution in [0.5, 0.6) is 11.5 Å². The van der Waals surface area contributed by atoms with E-state index in [9.17, 15) is 19.2 Å². The molecule has 1 unspecified atom stereocenters. The Bertz CT molecular complexity index is 3150. The molecule has 0 radical (unpaired) electrons. The molecular formula is C64H84N12O9S. The molecule has 1 atom stereocenters. The van der Waals surface area contributed by atoms with Crippen molar-refractivity contribution in [3.63, 3.8) is 0 Å². The van der Waals surface area contributed by atoms with E-state index in [-0.39, 0.29) is 43.1 Å². The van der Waals surface area contributed by atoms with Crippen LogP contribution in [0.3, 0.4) is 0 Å². The Morgan fingerprint density at radius 2 is 1.52 bits per heavy atom. The highest BCUT2D eigenvalue weighted by molar-refractivity contribution is 7.14. The predicted octanol–water partition coefficient (Wildman–Crippen LogP) is 7.73. The highest BCUT2D eigenvalue weighted by atomic mass is 32.1. The zero-order valence-corrected chi connectivity index (χ0v) is 50.9. The first kappa shape index (κ1) is 64.3. The van der Waals surface area contributed by atoms with Crippen LogP contribution in [0, 0.1) is 0 Å². The van der Waals surface area contributed by atoms with Gasteiger partial charge in [-0.2, -0.15) is 0 Å². The zero-order chi connectivity index (χ0) is 60.5. The van der Waals surface area contributed by atoms with Gasteiger partial charge in [-0.1, -0.05) is 60.9 Å². The van der Waals surface area contributed by atoms with Gasteiger partial charge in [-0.3, -0.25) is 19.7 Å². The van der Waals surface area contributed by atoms with Gasteiger partial charge in [-0.05, 0) is 118 Å². The number of piperazine rings is 1. The van der Waals surface area contributed by atoms with E-state index in [1.807, 2.05) is 95.5 Å². The number of likely N-dealkylation sites (N-methyl/N-ethyl adjacent to an activating group) is 2. The molecule has 86 heavy (non-hydrogen) atoms. The molecule has 4 heterocycles. The van der Waals surface area contributed by atoms with E-state index < -0.39 is 12.1 Å². The summed E-state index contributed by atoms with van der Waals surface area (Å²) < 4.78 is 33.0. The molecule has 3 N–H and O–H groups in total. The SMILES string of the molecule is C=C/C=C(\C=C)CNC(=O)C(c1cccc2c1ccn2C)N(C(=O)CCc1ccc(OCCCCN(C)CCOCCOCCc2cn(CCOCCOc3ccc(NC(=O)Nc4nc(CC(=O)N5CCN(C)CC5)cs4)cc3)nn2)cc1)C1CC1. The molecule has 1 aliphatic heterocycles. The fraction of sp³-hybridized carbons (Fsp3) is 0.453. The Labute approximate surface area is 508 Å². The molecule has 1 saturated carbocycles. The summed E-state index contributed by atoms with van der Waals surface area (Å²) in [4.78, 5) is 66.2. The number of amides is 5. The standard InChI is InChI=1S/C64H84N12O9S/c1-6-11-48(7-2)45-65-62(79)61(57-12-10-13-58-56(57)26-29-73(58)5)76(53-19-20-53)59(77)25-16-49-14-21-54(22-15-49)84-36-9-8-28-71(3)34-38-82-41-40-81-37-27-51-46-75(70-69-51)35-39-83-42-43-85-55-23-17-50(18-24-55)66-63(80)68-64-67-52(47-86-64)44-60(78)74-32-30-72(4)31-33-74/h6-7,10-15,17-18,21-24,26,29,46-47,53,61H,1-2,8-9,16,19-20,25,27-28,30-45H2,3-5H3,(H,65,79)(H2,66,67,68,80)/b48-11+. The third kappa shape index (κ3) is 20.5. The number of urea groups is 1. The second-order valence-electron chi connectivity index (χ2n) is 21.6. The summed E-state index contributed by atoms with van der Waals surface area (Å²) >= 11 is 1.28. The number of hydrogen-bond donors (Lipinski definition) is 3. The predicted molar refractivity (Wildman–Crippen MR) is 335 cm³/mol. The minimum absolute atomic E-state index is 0.00942. The molecule has 21 nitrogen and oxygen atoms in total. The van der Waals surface area contributed by atoms with Gasteiger partial charge in [0.2, 0.25) is 17.7 Å². The number of aromatic nitrogens is 5. The minimum atomic E-state index is -0.772. The molecule has 8 rings (SSSR count). The molecule has 460 valence electrons. The molecule has 22 heteroatoms. The molecule has 3 aromatic carbocycles. The fourth-order valence-electron chi connectivity index (χ4n) is 9.87. The zero-order valence-electron chi connectivity index (χ0n) is 50.0. The van der Waals surface area contributed by atoms with Gasteiger partial charge < -0.3 is 58.5 Å². The van der Waals surface area contributed by atoms with Gasteiger partial charge >= 0.3 is 6.03 Å². The molecule has 1 saturated heterocycles. The maximum atomic E-state index is 14.2. The van der Waals surface area contributed by atoms with E-state index in [2.05, 4.69) is 61.3 Å². The van der Waals surface area contributed by atoms with Crippen LogP contribution in [-0.4, -0.2) is 187 Å². The Kier molecular flexibility index (Phi) is 25.3. The van der Waals surface area contributed by atoms with Gasteiger partial charge in [0.05, 0.1) is 70.6 Å². The molecule has 6 aromatic rings. The second kappa shape index (κ2) is 33.8. The number of unbranched alkanes of at least 4 members (excludes halogenated alkanes) is 1. The van der Waals surface area contributed by atoms with E-state index in [0.29, 0.717) is 108 Å². The molecular weight excluding hydrogens is 1110 g/mol. The Morgan fingerprint density at radius 1 is 0.791 bits per heavy atom. The lowest BCUT2D eigenvalue weighted by atomic mass is 9.98. The molecule has 5 amide bonds. The van der Waals surface area contributed by atoms with E-state index >= 15 is 0 Å². The van der Waals surface area contributed by atoms with Crippen molar-refractivity contribution in [1.82, 2.24) is 49.5 Å². The number of nitrogens with one attached hydrogen (secondary N) is 3. The highest BCUT2D eigenvalue weighted by Gasteiger charge is 2.41. The van der Waals surface area contributed by atoms with Crippen molar-refractivity contribution in [3.8, 4) is 11.5 Å². The Hall–Kier alpha value is -7.73. The monoisotopic (exact) mass is 1200 g/mol. The van der Waals surface area contributed by atoms with Crippen molar-refractivity contribution in [2.45, 2.75) is 70.0 Å². The number of benzene rings is 3. The van der Waals surface area contributed by atoms with Crippen LogP contribution >= 0.6 is 11.3 Å².